The number of carbonyl (C=O) groups is 2. The molecule has 0 aliphatic rings. The van der Waals surface area contributed by atoms with Gasteiger partial charge in [0.2, 0.25) is 0 Å². The van der Waals surface area contributed by atoms with Crippen molar-refractivity contribution >= 4 is 47.6 Å². The second kappa shape index (κ2) is 14.0. The minimum absolute atomic E-state index is 0.232. The predicted octanol–water partition coefficient (Wildman–Crippen LogP) is 3.98. The van der Waals surface area contributed by atoms with Gasteiger partial charge >= 0.3 is 11.9 Å². The van der Waals surface area contributed by atoms with Crippen molar-refractivity contribution in [2.45, 2.75) is 20.3 Å². The zero-order chi connectivity index (χ0) is 19.2. The van der Waals surface area contributed by atoms with Crippen LogP contribution in [0.3, 0.4) is 0 Å². The summed E-state index contributed by atoms with van der Waals surface area (Å²) in [5, 5.41) is 0.765. The molecule has 1 aromatic carbocycles. The van der Waals surface area contributed by atoms with Crippen molar-refractivity contribution in [1.29, 1.82) is 0 Å². The zero-order valence-electron chi connectivity index (χ0n) is 13.8. The number of esters is 2. The van der Waals surface area contributed by atoms with Gasteiger partial charge in [0.05, 0.1) is 23.3 Å². The van der Waals surface area contributed by atoms with E-state index in [9.17, 15) is 13.5 Å². The van der Waals surface area contributed by atoms with Gasteiger partial charge in [-0.1, -0.05) is 23.2 Å². The SMILES string of the molecule is CCOC(=O)C(CCN)C(=O)OCC.FSOc1ccc(Cl)c(Cl)c1. The van der Waals surface area contributed by atoms with Crippen LogP contribution in [-0.2, 0) is 19.1 Å². The molecule has 0 aliphatic heterocycles. The summed E-state index contributed by atoms with van der Waals surface area (Å²) in [6.07, 6.45) is 0.262. The first-order valence-electron chi connectivity index (χ1n) is 7.34. The molecule has 0 saturated heterocycles. The summed E-state index contributed by atoms with van der Waals surface area (Å²) in [6.45, 7) is 4.12. The summed E-state index contributed by atoms with van der Waals surface area (Å²) >= 11 is 11.0. The summed E-state index contributed by atoms with van der Waals surface area (Å²) in [6, 6.07) is 4.51. The molecule has 1 aromatic rings. The average Bonchev–Trinajstić information content (AvgIpc) is 2.57. The number of ether oxygens (including phenoxy) is 2. The minimum Gasteiger partial charge on any atom is -0.465 e. The quantitative estimate of drug-likeness (QED) is 0.390. The van der Waals surface area contributed by atoms with E-state index in [0.29, 0.717) is 15.8 Å². The summed E-state index contributed by atoms with van der Waals surface area (Å²) < 4.78 is 25.4. The van der Waals surface area contributed by atoms with Crippen LogP contribution in [-0.4, -0.2) is 31.7 Å². The molecule has 0 bridgehead atoms. The Balaban J connectivity index is 0.000000472. The van der Waals surface area contributed by atoms with E-state index in [1.54, 1.807) is 13.8 Å². The Bertz CT molecular complexity index is 533. The van der Waals surface area contributed by atoms with Crippen molar-refractivity contribution < 1.29 is 27.1 Å². The van der Waals surface area contributed by atoms with E-state index in [1.807, 2.05) is 0 Å². The molecule has 0 amide bonds. The second-order valence-electron chi connectivity index (χ2n) is 4.36. The summed E-state index contributed by atoms with van der Waals surface area (Å²) in [7, 11) is 0. The first-order chi connectivity index (χ1) is 11.9. The summed E-state index contributed by atoms with van der Waals surface area (Å²) in [5.74, 6) is -1.65. The van der Waals surface area contributed by atoms with Crippen LogP contribution in [0.1, 0.15) is 20.3 Å². The lowest BCUT2D eigenvalue weighted by Crippen LogP contribution is -2.30. The number of hydrogen-bond acceptors (Lipinski definition) is 7. The second-order valence-corrected chi connectivity index (χ2v) is 5.46. The first-order valence-corrected chi connectivity index (χ1v) is 8.74. The van der Waals surface area contributed by atoms with Crippen molar-refractivity contribution in [2.75, 3.05) is 19.8 Å². The van der Waals surface area contributed by atoms with Crippen molar-refractivity contribution in [1.82, 2.24) is 0 Å². The highest BCUT2D eigenvalue weighted by Gasteiger charge is 2.28. The highest BCUT2D eigenvalue weighted by molar-refractivity contribution is 7.89. The number of rotatable bonds is 8. The van der Waals surface area contributed by atoms with Crippen LogP contribution in [0.25, 0.3) is 0 Å². The van der Waals surface area contributed by atoms with Crippen LogP contribution in [0.5, 0.6) is 5.75 Å². The molecule has 1 rings (SSSR count). The van der Waals surface area contributed by atoms with Gasteiger partial charge in [-0.05, 0) is 38.9 Å². The molecular weight excluding hydrogens is 396 g/mol. The first kappa shape index (κ1) is 23.8. The number of nitrogens with two attached hydrogens (primary N) is 1. The Morgan fingerprint density at radius 1 is 1.16 bits per heavy atom. The largest absolute Gasteiger partial charge is 0.465 e. The molecule has 2 N–H and O–H groups in total. The Labute approximate surface area is 160 Å². The van der Waals surface area contributed by atoms with Gasteiger partial charge in [-0.25, -0.2) is 0 Å². The van der Waals surface area contributed by atoms with Crippen LogP contribution in [0.4, 0.5) is 3.89 Å². The lowest BCUT2D eigenvalue weighted by Gasteiger charge is -2.12. The third kappa shape index (κ3) is 9.74. The van der Waals surface area contributed by atoms with E-state index < -0.39 is 17.9 Å². The molecule has 0 unspecified atom stereocenters. The van der Waals surface area contributed by atoms with Crippen LogP contribution in [0, 0.1) is 5.92 Å². The Morgan fingerprint density at radius 2 is 1.72 bits per heavy atom. The fraction of sp³-hybridized carbons (Fsp3) is 0.467. The maximum Gasteiger partial charge on any atom is 0.320 e. The van der Waals surface area contributed by atoms with Crippen LogP contribution in [0.15, 0.2) is 18.2 Å². The van der Waals surface area contributed by atoms with E-state index >= 15 is 0 Å². The minimum atomic E-state index is -0.875. The third-order valence-corrected chi connectivity index (χ3v) is 3.61. The Kier molecular flexibility index (Phi) is 13.3. The van der Waals surface area contributed by atoms with Gasteiger partial charge in [-0.3, -0.25) is 9.59 Å². The number of benzene rings is 1. The lowest BCUT2D eigenvalue weighted by atomic mass is 10.1. The van der Waals surface area contributed by atoms with E-state index in [0.717, 1.165) is 0 Å². The molecule has 0 atom stereocenters. The highest BCUT2D eigenvalue weighted by atomic mass is 35.5. The Morgan fingerprint density at radius 3 is 2.12 bits per heavy atom. The molecular formula is C15H20Cl2FNO5S. The number of hydrogen-bond donors (Lipinski definition) is 1. The normalized spacial score (nSPS) is 9.88. The van der Waals surface area contributed by atoms with Gasteiger partial charge in [-0.2, -0.15) is 0 Å². The number of halogens is 3. The standard InChI is InChI=1S/C9H17NO4.C6H3Cl2FOS/c1-3-13-8(11)7(5-6-10)9(12)14-4-2;7-5-2-1-4(10-11-9)3-6(5)8/h7H,3-6,10H2,1-2H3;1-3H. The molecule has 0 aromatic heterocycles. The monoisotopic (exact) mass is 415 g/mol. The summed E-state index contributed by atoms with van der Waals surface area (Å²) in [4.78, 5) is 22.5. The van der Waals surface area contributed by atoms with Gasteiger partial charge in [0.25, 0.3) is 12.4 Å². The predicted molar refractivity (Wildman–Crippen MR) is 96.2 cm³/mol. The molecule has 25 heavy (non-hydrogen) atoms. The fourth-order valence-corrected chi connectivity index (χ4v) is 2.01. The lowest BCUT2D eigenvalue weighted by molar-refractivity contribution is -0.161. The summed E-state index contributed by atoms with van der Waals surface area (Å²) in [5.41, 5.74) is 5.28. The molecule has 0 radical (unpaired) electrons. The average molecular weight is 416 g/mol. The highest BCUT2D eigenvalue weighted by Crippen LogP contribution is 2.27. The third-order valence-electron chi connectivity index (χ3n) is 2.62. The van der Waals surface area contributed by atoms with Crippen molar-refractivity contribution in [2.24, 2.45) is 11.7 Å². The number of carbonyl (C=O) groups excluding carboxylic acids is 2. The molecule has 0 saturated carbocycles. The van der Waals surface area contributed by atoms with Crippen molar-refractivity contribution in [3.05, 3.63) is 28.2 Å². The van der Waals surface area contributed by atoms with Gasteiger partial charge in [0.1, 0.15) is 5.75 Å². The Hall–Kier alpha value is -1.22. The maximum atomic E-state index is 11.5. The molecule has 10 heteroatoms. The topological polar surface area (TPSA) is 87.9 Å². The van der Waals surface area contributed by atoms with Crippen molar-refractivity contribution in [3.8, 4) is 5.75 Å². The van der Waals surface area contributed by atoms with Crippen molar-refractivity contribution in [3.63, 3.8) is 0 Å². The molecule has 0 heterocycles. The smallest absolute Gasteiger partial charge is 0.320 e. The maximum absolute atomic E-state index is 11.5. The molecule has 6 nitrogen and oxygen atoms in total. The molecule has 0 aliphatic carbocycles. The fourth-order valence-electron chi connectivity index (χ4n) is 1.55. The van der Waals surface area contributed by atoms with Gasteiger partial charge in [0, 0.05) is 6.07 Å². The van der Waals surface area contributed by atoms with Gasteiger partial charge < -0.3 is 19.4 Å². The van der Waals surface area contributed by atoms with Gasteiger partial charge in [-0.15, -0.1) is 3.89 Å². The van der Waals surface area contributed by atoms with E-state index in [4.69, 9.17) is 38.4 Å². The van der Waals surface area contributed by atoms with E-state index in [-0.39, 0.29) is 38.6 Å². The zero-order valence-corrected chi connectivity index (χ0v) is 16.1. The van der Waals surface area contributed by atoms with Crippen LogP contribution in [0.2, 0.25) is 10.0 Å². The van der Waals surface area contributed by atoms with E-state index in [1.165, 1.54) is 18.2 Å². The van der Waals surface area contributed by atoms with Crippen LogP contribution < -0.4 is 9.92 Å². The molecule has 0 spiro atoms. The van der Waals surface area contributed by atoms with Crippen LogP contribution >= 0.6 is 35.6 Å². The molecule has 142 valence electrons. The van der Waals surface area contributed by atoms with E-state index in [2.05, 4.69) is 4.18 Å². The van der Waals surface area contributed by atoms with Gasteiger partial charge in [0.15, 0.2) is 5.92 Å². The molecule has 0 fully saturated rings.